The molecule has 4 heterocycles. The molecular weight excluding hydrogens is 456 g/mol. The van der Waals surface area contributed by atoms with Gasteiger partial charge in [-0.25, -0.2) is 14.5 Å². The molecule has 36 heavy (non-hydrogen) atoms. The molecule has 9 nitrogen and oxygen atoms in total. The number of nitrogens with zero attached hydrogens (tertiary/aromatic N) is 4. The molecule has 1 amide bonds. The molecule has 1 aliphatic heterocycles. The second-order valence-corrected chi connectivity index (χ2v) is 10.5. The normalized spacial score (nSPS) is 21.0. The van der Waals surface area contributed by atoms with E-state index in [1.165, 1.54) is 0 Å². The SMILES string of the molecule is CC(C)(C)n1nc2cc1Nc1cc(-c3ccncc3)cc(n1)COCCCNC(=O)O[C@@H]1CC[C@H]2C1. The Balaban J connectivity index is 1.52. The molecule has 5 rings (SSSR count). The summed E-state index contributed by atoms with van der Waals surface area (Å²) in [5.74, 6) is 1.86. The first kappa shape index (κ1) is 24.2. The van der Waals surface area contributed by atoms with Crippen LogP contribution in [0.1, 0.15) is 63.8 Å². The monoisotopic (exact) mass is 490 g/mol. The summed E-state index contributed by atoms with van der Waals surface area (Å²) in [4.78, 5) is 21.3. The van der Waals surface area contributed by atoms with Crippen LogP contribution in [0, 0.1) is 0 Å². The largest absolute Gasteiger partial charge is 0.446 e. The Hall–Kier alpha value is -3.46. The molecule has 190 valence electrons. The number of nitrogens with one attached hydrogen (secondary N) is 2. The lowest BCUT2D eigenvalue weighted by Crippen LogP contribution is -2.29. The molecule has 9 heteroatoms. The van der Waals surface area contributed by atoms with E-state index in [2.05, 4.69) is 42.5 Å². The zero-order valence-corrected chi connectivity index (χ0v) is 21.2. The van der Waals surface area contributed by atoms with Crippen LogP contribution in [0.4, 0.5) is 16.4 Å². The van der Waals surface area contributed by atoms with Crippen LogP contribution in [0.5, 0.6) is 0 Å². The van der Waals surface area contributed by atoms with Crippen molar-refractivity contribution in [2.75, 3.05) is 18.5 Å². The van der Waals surface area contributed by atoms with E-state index >= 15 is 0 Å². The van der Waals surface area contributed by atoms with E-state index < -0.39 is 0 Å². The van der Waals surface area contributed by atoms with Crippen LogP contribution in [0.3, 0.4) is 0 Å². The van der Waals surface area contributed by atoms with Crippen molar-refractivity contribution in [1.29, 1.82) is 0 Å². The van der Waals surface area contributed by atoms with Crippen LogP contribution in [0.15, 0.2) is 42.7 Å². The fraction of sp³-hybridized carbons (Fsp3) is 0.481. The van der Waals surface area contributed by atoms with E-state index in [9.17, 15) is 4.79 Å². The first-order valence-electron chi connectivity index (χ1n) is 12.7. The number of amides is 1. The summed E-state index contributed by atoms with van der Waals surface area (Å²) >= 11 is 0. The van der Waals surface area contributed by atoms with E-state index in [4.69, 9.17) is 19.6 Å². The highest BCUT2D eigenvalue weighted by Crippen LogP contribution is 2.38. The number of aromatic nitrogens is 4. The van der Waals surface area contributed by atoms with E-state index in [1.807, 2.05) is 28.9 Å². The molecule has 1 fully saturated rings. The lowest BCUT2D eigenvalue weighted by molar-refractivity contribution is 0.0956. The molecule has 1 aliphatic carbocycles. The van der Waals surface area contributed by atoms with Gasteiger partial charge in [-0.3, -0.25) is 4.98 Å². The van der Waals surface area contributed by atoms with Crippen molar-refractivity contribution in [2.45, 2.75) is 70.6 Å². The molecule has 2 atom stereocenters. The Morgan fingerprint density at radius 1 is 1.08 bits per heavy atom. The molecule has 0 spiro atoms. The van der Waals surface area contributed by atoms with Gasteiger partial charge in [-0.1, -0.05) is 0 Å². The number of carbonyl (C=O) groups is 1. The smallest absolute Gasteiger partial charge is 0.407 e. The van der Waals surface area contributed by atoms with Crippen molar-refractivity contribution >= 4 is 17.7 Å². The van der Waals surface area contributed by atoms with Gasteiger partial charge in [0.25, 0.3) is 0 Å². The molecule has 0 unspecified atom stereocenters. The van der Waals surface area contributed by atoms with E-state index in [0.717, 1.165) is 53.4 Å². The van der Waals surface area contributed by atoms with Gasteiger partial charge in [-0.2, -0.15) is 5.10 Å². The molecular formula is C27H34N6O3. The Morgan fingerprint density at radius 2 is 1.92 bits per heavy atom. The molecule has 3 aromatic rings. The van der Waals surface area contributed by atoms with Crippen molar-refractivity contribution in [3.63, 3.8) is 0 Å². The number of carbonyl (C=O) groups excluding carboxylic acids is 1. The third kappa shape index (κ3) is 5.67. The molecule has 0 radical (unpaired) electrons. The van der Waals surface area contributed by atoms with E-state index in [0.29, 0.717) is 26.2 Å². The number of anilines is 2. The van der Waals surface area contributed by atoms with Gasteiger partial charge in [0.15, 0.2) is 0 Å². The quantitative estimate of drug-likeness (QED) is 0.488. The van der Waals surface area contributed by atoms with Gasteiger partial charge < -0.3 is 20.1 Å². The fourth-order valence-corrected chi connectivity index (χ4v) is 4.82. The van der Waals surface area contributed by atoms with Gasteiger partial charge in [-0.15, -0.1) is 0 Å². The number of rotatable bonds is 1. The summed E-state index contributed by atoms with van der Waals surface area (Å²) in [7, 11) is 0. The summed E-state index contributed by atoms with van der Waals surface area (Å²) in [6.45, 7) is 7.79. The Labute approximate surface area is 211 Å². The predicted octanol–water partition coefficient (Wildman–Crippen LogP) is 5.12. The summed E-state index contributed by atoms with van der Waals surface area (Å²) < 4.78 is 13.6. The Morgan fingerprint density at radius 3 is 2.72 bits per heavy atom. The van der Waals surface area contributed by atoms with Crippen LogP contribution in [-0.4, -0.2) is 45.1 Å². The van der Waals surface area contributed by atoms with Gasteiger partial charge in [0.1, 0.15) is 17.7 Å². The highest BCUT2D eigenvalue weighted by molar-refractivity contribution is 5.69. The standard InChI is InChI=1S/C27H34N6O3/c1-27(2,3)33-25-16-23(32-33)19-5-6-22(14-19)36-26(34)29-9-4-12-35-17-21-13-20(15-24(30-21)31-25)18-7-10-28-11-8-18/h7-8,10-11,13,15-16,19,22H,4-6,9,12,14,17H2,1-3H3,(H,29,34)(H,30,31)/t19-,22+/m0/s1. The highest BCUT2D eigenvalue weighted by atomic mass is 16.6. The predicted molar refractivity (Wildman–Crippen MR) is 137 cm³/mol. The average Bonchev–Trinajstić information content (AvgIpc) is 3.48. The summed E-state index contributed by atoms with van der Waals surface area (Å²) in [6, 6.07) is 10.2. The van der Waals surface area contributed by atoms with Gasteiger partial charge in [-0.05, 0) is 81.8 Å². The van der Waals surface area contributed by atoms with Crippen molar-refractivity contribution in [2.24, 2.45) is 0 Å². The number of pyridine rings is 2. The van der Waals surface area contributed by atoms with Crippen molar-refractivity contribution in [1.82, 2.24) is 25.1 Å². The highest BCUT2D eigenvalue weighted by Gasteiger charge is 2.32. The Kier molecular flexibility index (Phi) is 6.91. The second-order valence-electron chi connectivity index (χ2n) is 10.5. The minimum Gasteiger partial charge on any atom is -0.446 e. The van der Waals surface area contributed by atoms with Crippen LogP contribution >= 0.6 is 0 Å². The second kappa shape index (κ2) is 10.3. The molecule has 0 saturated heterocycles. The minimum atomic E-state index is -0.360. The maximum atomic E-state index is 12.2. The lowest BCUT2D eigenvalue weighted by Gasteiger charge is -2.23. The van der Waals surface area contributed by atoms with E-state index in [-0.39, 0.29) is 23.7 Å². The number of hydrogen-bond donors (Lipinski definition) is 2. The van der Waals surface area contributed by atoms with Crippen LogP contribution in [0.25, 0.3) is 11.1 Å². The number of fused-ring (bicyclic) bond motifs is 7. The lowest BCUT2D eigenvalue weighted by atomic mass is 10.0. The molecule has 0 aromatic carbocycles. The van der Waals surface area contributed by atoms with Crippen LogP contribution in [0.2, 0.25) is 0 Å². The zero-order valence-electron chi connectivity index (χ0n) is 21.2. The molecule has 3 aromatic heterocycles. The van der Waals surface area contributed by atoms with Crippen molar-refractivity contribution in [3.05, 3.63) is 54.1 Å². The van der Waals surface area contributed by atoms with Gasteiger partial charge in [0.2, 0.25) is 0 Å². The third-order valence-corrected chi connectivity index (χ3v) is 6.57. The third-order valence-electron chi connectivity index (χ3n) is 6.57. The van der Waals surface area contributed by atoms with E-state index in [1.54, 1.807) is 12.4 Å². The fourth-order valence-electron chi connectivity index (χ4n) is 4.82. The average molecular weight is 491 g/mol. The van der Waals surface area contributed by atoms with Crippen LogP contribution in [-0.2, 0) is 21.6 Å². The summed E-state index contributed by atoms with van der Waals surface area (Å²) in [5, 5.41) is 11.4. The minimum absolute atomic E-state index is 0.0948. The number of alkyl carbamates (subject to hydrolysis) is 1. The maximum absolute atomic E-state index is 12.2. The topological polar surface area (TPSA) is 103 Å². The van der Waals surface area contributed by atoms with Crippen LogP contribution < -0.4 is 10.6 Å². The molecule has 1 saturated carbocycles. The summed E-state index contributed by atoms with van der Waals surface area (Å²) in [6.07, 6.45) is 6.37. The Bertz CT molecular complexity index is 1200. The molecule has 2 N–H and O–H groups in total. The number of hydrogen-bond acceptors (Lipinski definition) is 7. The summed E-state index contributed by atoms with van der Waals surface area (Å²) in [5.41, 5.74) is 3.69. The van der Waals surface area contributed by atoms with Gasteiger partial charge >= 0.3 is 6.09 Å². The first-order valence-corrected chi connectivity index (χ1v) is 12.7. The maximum Gasteiger partial charge on any atom is 0.407 e. The zero-order chi connectivity index (χ0) is 25.1. The first-order chi connectivity index (χ1) is 17.3. The number of ether oxygens (including phenoxy) is 2. The van der Waals surface area contributed by atoms with Gasteiger partial charge in [0, 0.05) is 37.5 Å². The van der Waals surface area contributed by atoms with Gasteiger partial charge in [0.05, 0.1) is 23.5 Å². The molecule has 2 aliphatic rings. The van der Waals surface area contributed by atoms with Crippen molar-refractivity contribution < 1.29 is 14.3 Å². The molecule has 6 bridgehead atoms. The van der Waals surface area contributed by atoms with Crippen molar-refractivity contribution in [3.8, 4) is 11.1 Å².